The van der Waals surface area contributed by atoms with Crippen LogP contribution in [0.15, 0.2) is 0 Å². The first-order valence-electron chi connectivity index (χ1n) is 17.1. The van der Waals surface area contributed by atoms with Crippen LogP contribution in [0.3, 0.4) is 0 Å². The van der Waals surface area contributed by atoms with Crippen LogP contribution in [0, 0.1) is 11.8 Å². The highest BCUT2D eigenvalue weighted by molar-refractivity contribution is 6.24. The SMILES string of the molecule is CCCCCCCCCCCCCCC(C(=O)OCCCCCCCCCCCCCC(C)C)C(O)(Cl)CN. The van der Waals surface area contributed by atoms with Gasteiger partial charge < -0.3 is 15.6 Å². The number of ether oxygens (including phenoxy) is 1. The van der Waals surface area contributed by atoms with Crippen molar-refractivity contribution in [2.45, 2.75) is 186 Å². The lowest BCUT2D eigenvalue weighted by atomic mass is 9.94. The molecule has 0 rings (SSSR count). The lowest BCUT2D eigenvalue weighted by Crippen LogP contribution is -2.44. The van der Waals surface area contributed by atoms with Crippen molar-refractivity contribution < 1.29 is 14.6 Å². The third kappa shape index (κ3) is 25.1. The Kier molecular flexibility index (Phi) is 27.6. The lowest BCUT2D eigenvalue weighted by Gasteiger charge is -2.28. The normalized spacial score (nSPS) is 14.0. The molecule has 0 bridgehead atoms. The Morgan fingerprint density at radius 1 is 0.667 bits per heavy atom. The summed E-state index contributed by atoms with van der Waals surface area (Å²) >= 11 is 6.22. The Hall–Kier alpha value is -0.320. The lowest BCUT2D eigenvalue weighted by molar-refractivity contribution is -0.154. The smallest absolute Gasteiger partial charge is 0.313 e. The van der Waals surface area contributed by atoms with E-state index in [0.29, 0.717) is 13.0 Å². The van der Waals surface area contributed by atoms with Crippen molar-refractivity contribution in [3.05, 3.63) is 0 Å². The van der Waals surface area contributed by atoms with E-state index in [1.807, 2.05) is 0 Å². The van der Waals surface area contributed by atoms with E-state index < -0.39 is 16.9 Å². The summed E-state index contributed by atoms with van der Waals surface area (Å²) in [6.07, 6.45) is 31.0. The first-order chi connectivity index (χ1) is 18.8. The summed E-state index contributed by atoms with van der Waals surface area (Å²) in [5.41, 5.74) is 5.68. The minimum absolute atomic E-state index is 0.148. The number of hydrogen-bond acceptors (Lipinski definition) is 4. The molecule has 39 heavy (non-hydrogen) atoms. The number of esters is 1. The Bertz CT molecular complexity index is 527. The van der Waals surface area contributed by atoms with Gasteiger partial charge in [0.05, 0.1) is 6.61 Å². The zero-order valence-corrected chi connectivity index (χ0v) is 27.2. The molecular formula is C34H68ClNO3. The van der Waals surface area contributed by atoms with Crippen LogP contribution in [0.1, 0.15) is 181 Å². The van der Waals surface area contributed by atoms with Crippen molar-refractivity contribution in [2.24, 2.45) is 17.6 Å². The standard InChI is InChI=1S/C34H68ClNO3/c1-4-5-6-7-8-9-10-13-16-19-22-25-28-32(34(35,38)30-36)33(37)39-29-26-23-20-17-14-11-12-15-18-21-24-27-31(2)3/h31-32,38H,4-30,36H2,1-3H3. The van der Waals surface area contributed by atoms with E-state index >= 15 is 0 Å². The number of aliphatic hydroxyl groups is 1. The molecule has 2 unspecified atom stereocenters. The number of carbonyl (C=O) groups excluding carboxylic acids is 1. The second kappa shape index (κ2) is 27.8. The maximum absolute atomic E-state index is 12.7. The van der Waals surface area contributed by atoms with Gasteiger partial charge in [-0.05, 0) is 18.8 Å². The van der Waals surface area contributed by atoms with E-state index in [9.17, 15) is 9.90 Å². The van der Waals surface area contributed by atoms with Gasteiger partial charge in [-0.25, -0.2) is 0 Å². The van der Waals surface area contributed by atoms with E-state index in [1.165, 1.54) is 128 Å². The highest BCUT2D eigenvalue weighted by Crippen LogP contribution is 2.28. The zero-order valence-electron chi connectivity index (χ0n) is 26.5. The molecule has 0 aliphatic heterocycles. The number of halogens is 1. The molecule has 2 atom stereocenters. The van der Waals surface area contributed by atoms with Gasteiger partial charge in [-0.15, -0.1) is 0 Å². The number of unbranched alkanes of at least 4 members (excludes halogenated alkanes) is 21. The van der Waals surface area contributed by atoms with Gasteiger partial charge in [0.2, 0.25) is 0 Å². The molecule has 0 aliphatic rings. The molecular weight excluding hydrogens is 506 g/mol. The molecule has 0 aromatic rings. The highest BCUT2D eigenvalue weighted by atomic mass is 35.5. The Morgan fingerprint density at radius 3 is 1.41 bits per heavy atom. The number of carbonyl (C=O) groups is 1. The van der Waals surface area contributed by atoms with E-state index in [2.05, 4.69) is 20.8 Å². The Morgan fingerprint density at radius 2 is 1.03 bits per heavy atom. The molecule has 0 aromatic heterocycles. The van der Waals surface area contributed by atoms with Gasteiger partial charge in [0, 0.05) is 6.54 Å². The summed E-state index contributed by atoms with van der Waals surface area (Å²) in [4.78, 5) is 12.7. The Balaban J connectivity index is 3.81. The van der Waals surface area contributed by atoms with Gasteiger partial charge in [-0.3, -0.25) is 4.79 Å². The van der Waals surface area contributed by atoms with Gasteiger partial charge in [-0.1, -0.05) is 180 Å². The average molecular weight is 574 g/mol. The second-order valence-electron chi connectivity index (χ2n) is 12.5. The zero-order chi connectivity index (χ0) is 29.0. The largest absolute Gasteiger partial charge is 0.465 e. The molecule has 0 amide bonds. The first kappa shape index (κ1) is 38.7. The van der Waals surface area contributed by atoms with Crippen LogP contribution in [0.4, 0.5) is 0 Å². The molecule has 0 aliphatic carbocycles. The van der Waals surface area contributed by atoms with Gasteiger partial charge in [0.25, 0.3) is 0 Å². The maximum atomic E-state index is 12.7. The van der Waals surface area contributed by atoms with E-state index in [1.54, 1.807) is 0 Å². The summed E-state index contributed by atoms with van der Waals surface area (Å²) in [7, 11) is 0. The number of hydrogen-bond donors (Lipinski definition) is 2. The fourth-order valence-corrected chi connectivity index (χ4v) is 5.57. The van der Waals surface area contributed by atoms with Gasteiger partial charge in [0.15, 0.2) is 5.06 Å². The molecule has 4 nitrogen and oxygen atoms in total. The van der Waals surface area contributed by atoms with Gasteiger partial charge in [-0.2, -0.15) is 0 Å². The molecule has 0 heterocycles. The van der Waals surface area contributed by atoms with Crippen LogP contribution in [-0.2, 0) is 9.53 Å². The molecule has 0 aromatic carbocycles. The molecule has 3 N–H and O–H groups in total. The fourth-order valence-electron chi connectivity index (χ4n) is 5.37. The molecule has 234 valence electrons. The van der Waals surface area contributed by atoms with Crippen molar-refractivity contribution >= 4 is 17.6 Å². The van der Waals surface area contributed by atoms with E-state index in [4.69, 9.17) is 22.1 Å². The van der Waals surface area contributed by atoms with Crippen LogP contribution in [-0.4, -0.2) is 29.3 Å². The third-order valence-electron chi connectivity index (χ3n) is 8.12. The molecule has 0 spiro atoms. The highest BCUT2D eigenvalue weighted by Gasteiger charge is 2.39. The minimum atomic E-state index is -1.72. The first-order valence-corrected chi connectivity index (χ1v) is 17.5. The van der Waals surface area contributed by atoms with Crippen molar-refractivity contribution in [3.8, 4) is 0 Å². The summed E-state index contributed by atoms with van der Waals surface area (Å²) in [5, 5.41) is 8.78. The van der Waals surface area contributed by atoms with Crippen molar-refractivity contribution in [1.82, 2.24) is 0 Å². The topological polar surface area (TPSA) is 72.5 Å². The summed E-state index contributed by atoms with van der Waals surface area (Å²) in [5.74, 6) is -0.305. The molecule has 0 fully saturated rings. The summed E-state index contributed by atoms with van der Waals surface area (Å²) in [6, 6.07) is 0. The van der Waals surface area contributed by atoms with E-state index in [-0.39, 0.29) is 6.54 Å². The van der Waals surface area contributed by atoms with E-state index in [0.717, 1.165) is 31.6 Å². The molecule has 5 heteroatoms. The fraction of sp³-hybridized carbons (Fsp3) is 0.971. The molecule has 0 saturated carbocycles. The van der Waals surface area contributed by atoms with Gasteiger partial charge in [0.1, 0.15) is 5.92 Å². The van der Waals surface area contributed by atoms with Crippen LogP contribution in [0.25, 0.3) is 0 Å². The van der Waals surface area contributed by atoms with Crippen LogP contribution in [0.5, 0.6) is 0 Å². The van der Waals surface area contributed by atoms with Crippen molar-refractivity contribution in [2.75, 3.05) is 13.2 Å². The number of rotatable bonds is 30. The minimum Gasteiger partial charge on any atom is -0.465 e. The monoisotopic (exact) mass is 573 g/mol. The van der Waals surface area contributed by atoms with Crippen LogP contribution in [0.2, 0.25) is 0 Å². The molecule has 0 radical (unpaired) electrons. The quantitative estimate of drug-likeness (QED) is 0.0509. The van der Waals surface area contributed by atoms with Crippen LogP contribution < -0.4 is 5.73 Å². The number of alkyl halides is 1. The number of nitrogens with two attached hydrogens (primary N) is 1. The second-order valence-corrected chi connectivity index (χ2v) is 13.1. The van der Waals surface area contributed by atoms with Crippen LogP contribution >= 0.6 is 11.6 Å². The van der Waals surface area contributed by atoms with Gasteiger partial charge >= 0.3 is 5.97 Å². The van der Waals surface area contributed by atoms with Crippen molar-refractivity contribution in [1.29, 1.82) is 0 Å². The Labute approximate surface area is 248 Å². The average Bonchev–Trinajstić information content (AvgIpc) is 2.91. The van der Waals surface area contributed by atoms with Crippen molar-refractivity contribution in [3.63, 3.8) is 0 Å². The third-order valence-corrected chi connectivity index (χ3v) is 8.54. The predicted molar refractivity (Wildman–Crippen MR) is 170 cm³/mol. The summed E-state index contributed by atoms with van der Waals surface area (Å²) in [6.45, 7) is 7.13. The maximum Gasteiger partial charge on any atom is 0.313 e. The summed E-state index contributed by atoms with van der Waals surface area (Å²) < 4.78 is 5.52. The molecule has 0 saturated heterocycles. The predicted octanol–water partition coefficient (Wildman–Crippen LogP) is 10.5.